The third-order valence-corrected chi connectivity index (χ3v) is 3.96. The highest BCUT2D eigenvalue weighted by Crippen LogP contribution is 2.28. The van der Waals surface area contributed by atoms with Gasteiger partial charge in [0, 0.05) is 6.54 Å². The molecule has 3 atom stereocenters. The molecule has 1 saturated carbocycles. The molecule has 2 heteroatoms. The van der Waals surface area contributed by atoms with E-state index in [1.54, 1.807) is 0 Å². The fourth-order valence-electron chi connectivity index (χ4n) is 2.35. The molecule has 90 valence electrons. The molecule has 3 unspecified atom stereocenters. The molecule has 0 heterocycles. The van der Waals surface area contributed by atoms with E-state index < -0.39 is 5.60 Å². The quantitative estimate of drug-likeness (QED) is 0.735. The van der Waals surface area contributed by atoms with Gasteiger partial charge in [0.25, 0.3) is 0 Å². The van der Waals surface area contributed by atoms with E-state index in [9.17, 15) is 5.11 Å². The van der Waals surface area contributed by atoms with Crippen LogP contribution in [0.25, 0.3) is 0 Å². The molecule has 1 rings (SSSR count). The summed E-state index contributed by atoms with van der Waals surface area (Å²) in [6.45, 7) is 8.11. The van der Waals surface area contributed by atoms with Gasteiger partial charge in [-0.25, -0.2) is 0 Å². The van der Waals surface area contributed by atoms with Crippen molar-refractivity contribution >= 4 is 0 Å². The van der Waals surface area contributed by atoms with E-state index in [1.165, 1.54) is 25.7 Å². The van der Waals surface area contributed by atoms with Crippen molar-refractivity contribution in [3.63, 3.8) is 0 Å². The lowest BCUT2D eigenvalue weighted by atomic mass is 9.80. The van der Waals surface area contributed by atoms with Crippen molar-refractivity contribution in [3.05, 3.63) is 0 Å². The average Bonchev–Trinajstić information content (AvgIpc) is 2.21. The average molecular weight is 213 g/mol. The molecule has 1 fully saturated rings. The maximum absolute atomic E-state index is 9.86. The van der Waals surface area contributed by atoms with Crippen LogP contribution in [0.2, 0.25) is 0 Å². The Labute approximate surface area is 94.5 Å². The van der Waals surface area contributed by atoms with Crippen LogP contribution in [-0.2, 0) is 0 Å². The van der Waals surface area contributed by atoms with Crippen molar-refractivity contribution < 1.29 is 5.11 Å². The fourth-order valence-corrected chi connectivity index (χ4v) is 2.35. The molecule has 0 bridgehead atoms. The topological polar surface area (TPSA) is 32.3 Å². The lowest BCUT2D eigenvalue weighted by Crippen LogP contribution is -2.40. The molecule has 15 heavy (non-hydrogen) atoms. The molecule has 2 nitrogen and oxygen atoms in total. The second-order valence-corrected chi connectivity index (χ2v) is 5.50. The lowest BCUT2D eigenvalue weighted by Gasteiger charge is -2.30. The van der Waals surface area contributed by atoms with E-state index in [1.807, 2.05) is 13.8 Å². The summed E-state index contributed by atoms with van der Waals surface area (Å²) < 4.78 is 0. The summed E-state index contributed by atoms with van der Waals surface area (Å²) in [4.78, 5) is 0. The minimum absolute atomic E-state index is 0.530. The molecule has 1 aliphatic carbocycles. The van der Waals surface area contributed by atoms with Crippen LogP contribution < -0.4 is 5.32 Å². The summed E-state index contributed by atoms with van der Waals surface area (Å²) in [5.41, 5.74) is -0.530. The van der Waals surface area contributed by atoms with Crippen LogP contribution >= 0.6 is 0 Å². The van der Waals surface area contributed by atoms with Gasteiger partial charge in [-0.15, -0.1) is 0 Å². The van der Waals surface area contributed by atoms with Crippen molar-refractivity contribution in [2.24, 2.45) is 11.8 Å². The van der Waals surface area contributed by atoms with Gasteiger partial charge in [0.2, 0.25) is 0 Å². The van der Waals surface area contributed by atoms with Crippen LogP contribution in [0, 0.1) is 11.8 Å². The minimum atomic E-state index is -0.530. The van der Waals surface area contributed by atoms with Crippen LogP contribution in [0.5, 0.6) is 0 Å². The van der Waals surface area contributed by atoms with E-state index in [4.69, 9.17) is 0 Å². The van der Waals surface area contributed by atoms with Crippen molar-refractivity contribution in [1.82, 2.24) is 5.32 Å². The highest BCUT2D eigenvalue weighted by molar-refractivity contribution is 4.77. The molecule has 0 aromatic heterocycles. The van der Waals surface area contributed by atoms with E-state index >= 15 is 0 Å². The van der Waals surface area contributed by atoms with Crippen LogP contribution in [0.15, 0.2) is 0 Å². The monoisotopic (exact) mass is 213 g/mol. The molecule has 0 aliphatic heterocycles. The van der Waals surface area contributed by atoms with Crippen molar-refractivity contribution in [1.29, 1.82) is 0 Å². The maximum atomic E-state index is 9.86. The molecule has 0 radical (unpaired) electrons. The maximum Gasteiger partial charge on any atom is 0.0740 e. The SMILES string of the molecule is CCC(C)(O)CNCC1CCCCC1C. The Bertz CT molecular complexity index is 179. The third-order valence-electron chi connectivity index (χ3n) is 3.96. The first-order chi connectivity index (χ1) is 7.05. The fraction of sp³-hybridized carbons (Fsp3) is 1.00. The first-order valence-corrected chi connectivity index (χ1v) is 6.48. The Hall–Kier alpha value is -0.0800. The Morgan fingerprint density at radius 3 is 2.60 bits per heavy atom. The summed E-state index contributed by atoms with van der Waals surface area (Å²) in [6.07, 6.45) is 6.37. The summed E-state index contributed by atoms with van der Waals surface area (Å²) in [5, 5.41) is 13.3. The van der Waals surface area contributed by atoms with Gasteiger partial charge in [-0.05, 0) is 38.1 Å². The molecule has 0 amide bonds. The van der Waals surface area contributed by atoms with Gasteiger partial charge < -0.3 is 10.4 Å². The van der Waals surface area contributed by atoms with Gasteiger partial charge in [0.15, 0.2) is 0 Å². The molecule has 0 aromatic carbocycles. The second-order valence-electron chi connectivity index (χ2n) is 5.50. The number of hydrogen-bond acceptors (Lipinski definition) is 2. The third kappa shape index (κ3) is 4.52. The van der Waals surface area contributed by atoms with Gasteiger partial charge >= 0.3 is 0 Å². The van der Waals surface area contributed by atoms with Crippen LogP contribution in [-0.4, -0.2) is 23.8 Å². The number of rotatable bonds is 5. The van der Waals surface area contributed by atoms with Crippen LogP contribution in [0.1, 0.15) is 52.9 Å². The molecule has 0 saturated heterocycles. The zero-order valence-electron chi connectivity index (χ0n) is 10.6. The van der Waals surface area contributed by atoms with Gasteiger partial charge in [0.1, 0.15) is 0 Å². The van der Waals surface area contributed by atoms with E-state index in [0.29, 0.717) is 0 Å². The van der Waals surface area contributed by atoms with E-state index in [0.717, 1.165) is 31.3 Å². The van der Waals surface area contributed by atoms with Crippen LogP contribution in [0.4, 0.5) is 0 Å². The molecular formula is C13H27NO. The van der Waals surface area contributed by atoms with Crippen LogP contribution in [0.3, 0.4) is 0 Å². The molecule has 2 N–H and O–H groups in total. The Balaban J connectivity index is 2.19. The minimum Gasteiger partial charge on any atom is -0.389 e. The zero-order chi connectivity index (χ0) is 11.3. The van der Waals surface area contributed by atoms with Gasteiger partial charge in [-0.2, -0.15) is 0 Å². The normalized spacial score (nSPS) is 31.2. The van der Waals surface area contributed by atoms with Crippen molar-refractivity contribution in [2.45, 2.75) is 58.5 Å². The van der Waals surface area contributed by atoms with Gasteiger partial charge in [-0.1, -0.05) is 33.1 Å². The Kier molecular flexibility index (Phi) is 5.07. The van der Waals surface area contributed by atoms with E-state index in [-0.39, 0.29) is 0 Å². The lowest BCUT2D eigenvalue weighted by molar-refractivity contribution is 0.0534. The van der Waals surface area contributed by atoms with Gasteiger partial charge in [0.05, 0.1) is 5.60 Å². The summed E-state index contributed by atoms with van der Waals surface area (Å²) in [5.74, 6) is 1.68. The first-order valence-electron chi connectivity index (χ1n) is 6.48. The van der Waals surface area contributed by atoms with E-state index in [2.05, 4.69) is 12.2 Å². The second kappa shape index (κ2) is 5.86. The smallest absolute Gasteiger partial charge is 0.0740 e. The number of aliphatic hydroxyl groups is 1. The highest BCUT2D eigenvalue weighted by atomic mass is 16.3. The van der Waals surface area contributed by atoms with Crippen molar-refractivity contribution in [3.8, 4) is 0 Å². The predicted octanol–water partition coefficient (Wildman–Crippen LogP) is 2.56. The number of hydrogen-bond donors (Lipinski definition) is 2. The largest absolute Gasteiger partial charge is 0.389 e. The standard InChI is InChI=1S/C13H27NO/c1-4-13(3,15)10-14-9-12-8-6-5-7-11(12)2/h11-12,14-15H,4-10H2,1-3H3. The zero-order valence-corrected chi connectivity index (χ0v) is 10.6. The number of nitrogens with one attached hydrogen (secondary N) is 1. The first kappa shape index (κ1) is 13.0. The molecular weight excluding hydrogens is 186 g/mol. The highest BCUT2D eigenvalue weighted by Gasteiger charge is 2.22. The molecule has 1 aliphatic rings. The summed E-state index contributed by atoms with van der Waals surface area (Å²) >= 11 is 0. The summed E-state index contributed by atoms with van der Waals surface area (Å²) in [7, 11) is 0. The Morgan fingerprint density at radius 2 is 2.00 bits per heavy atom. The van der Waals surface area contributed by atoms with Crippen molar-refractivity contribution in [2.75, 3.05) is 13.1 Å². The van der Waals surface area contributed by atoms with Gasteiger partial charge in [-0.3, -0.25) is 0 Å². The summed E-state index contributed by atoms with van der Waals surface area (Å²) in [6, 6.07) is 0. The predicted molar refractivity (Wildman–Crippen MR) is 64.9 cm³/mol. The molecule has 0 spiro atoms. The Morgan fingerprint density at radius 1 is 1.33 bits per heavy atom. The molecule has 0 aromatic rings.